The van der Waals surface area contributed by atoms with Crippen molar-refractivity contribution < 1.29 is 108 Å². The van der Waals surface area contributed by atoms with Gasteiger partial charge in [0.2, 0.25) is 15.9 Å². The molecule has 1 fully saturated rings. The minimum atomic E-state index is -5.46. The molecule has 22 nitrogen and oxygen atoms in total. The van der Waals surface area contributed by atoms with Gasteiger partial charge in [-0.3, -0.25) is 23.2 Å². The Morgan fingerprint density at radius 2 is 1.49 bits per heavy atom. The molecule has 2 aliphatic rings. The number of sulfone groups is 1. The Labute approximate surface area is 450 Å². The number of carbonyl (C=O) groups excluding carboxylic acids is 2. The zero-order valence-corrected chi connectivity index (χ0v) is 45.2. The number of alkyl halides is 8. The van der Waals surface area contributed by atoms with Crippen molar-refractivity contribution in [2.24, 2.45) is 5.92 Å². The van der Waals surface area contributed by atoms with Crippen molar-refractivity contribution in [3.8, 4) is 23.0 Å². The third-order valence-electron chi connectivity index (χ3n) is 12.2. The largest absolute Gasteiger partial charge is 0.469 e. The molecule has 0 bridgehead atoms. The van der Waals surface area contributed by atoms with E-state index in [1.807, 2.05) is 5.32 Å². The Bertz CT molecular complexity index is 3690. The maximum Gasteiger partial charge on any atom is 0.469 e. The van der Waals surface area contributed by atoms with Crippen molar-refractivity contribution in [1.29, 1.82) is 0 Å². The number of amides is 3. The van der Waals surface area contributed by atoms with Gasteiger partial charge in [0.1, 0.15) is 40.9 Å². The number of sulfonamides is 1. The number of benzene rings is 2. The lowest BCUT2D eigenvalue weighted by molar-refractivity contribution is -0.143. The van der Waals surface area contributed by atoms with Crippen LogP contribution in [-0.4, -0.2) is 116 Å². The minimum absolute atomic E-state index is 0.0749. The van der Waals surface area contributed by atoms with Crippen molar-refractivity contribution in [1.82, 2.24) is 35.2 Å². The molecule has 3 atom stereocenters. The fourth-order valence-corrected chi connectivity index (χ4v) is 10.6. The number of urea groups is 1. The van der Waals surface area contributed by atoms with Crippen LogP contribution in [0.1, 0.15) is 66.1 Å². The highest BCUT2D eigenvalue weighted by Gasteiger charge is 2.68. The van der Waals surface area contributed by atoms with E-state index in [4.69, 9.17) is 11.6 Å². The quantitative estimate of drug-likeness (QED) is 0.0316. The number of anilines is 1. The summed E-state index contributed by atoms with van der Waals surface area (Å²) in [5, 5.41) is 9.77. The van der Waals surface area contributed by atoms with Gasteiger partial charge in [-0.05, 0) is 74.4 Å². The molecule has 37 heteroatoms. The second kappa shape index (κ2) is 21.6. The fraction of sp³-hybridized carbons (Fsp3) is 0.419. The Kier molecular flexibility index (Phi) is 16.7. The van der Waals surface area contributed by atoms with E-state index in [9.17, 15) is 90.3 Å². The number of halogens is 11. The Morgan fingerprint density at radius 3 is 2.02 bits per heavy atom. The summed E-state index contributed by atoms with van der Waals surface area (Å²) in [5.41, 5.74) is -6.92. The maximum atomic E-state index is 15.6. The third-order valence-corrected chi connectivity index (χ3v) is 16.5. The molecule has 80 heavy (non-hydrogen) atoms. The first-order valence-corrected chi connectivity index (χ1v) is 29.6. The molecule has 1 saturated carbocycles. The standard InChI is InChI=1S/C43H41ClF10N8O14P2S2/c1-40(2,79(3,71)72)10-9-23-5-6-25(34(55-23)30(13-20-11-21(45)14-22(46)12-20)57-31(63)16-60-37-32(36(58-60)43(52,53)54)27-15-28(27)42(37,50)51)26-7-8-29(44)33-35(26)61(19-41(47,48)49)59-38(33)62(80(4,73)74)39(64)56-24(17-75-77(65,66)67)18-76-78(68,69)70/h5-8,11-12,14,24,27-28,30H,13,15-19H2,1-4H3,(H,56,64)(H,57,63)(H2,65,66,67)(H2,68,69,70)/t27-,28+,30?/m0/s1. The molecular weight excluding hydrogens is 1200 g/mol. The molecule has 3 heterocycles. The highest BCUT2D eigenvalue weighted by molar-refractivity contribution is 7.93. The number of phosphoric ester groups is 2. The van der Waals surface area contributed by atoms with Crippen LogP contribution in [0.15, 0.2) is 42.5 Å². The lowest BCUT2D eigenvalue weighted by atomic mass is 9.93. The number of nitrogens with one attached hydrogen (secondary N) is 2. The molecule has 5 aromatic rings. The molecule has 2 aliphatic carbocycles. The molecule has 2 aromatic carbocycles. The van der Waals surface area contributed by atoms with Crippen LogP contribution in [0, 0.1) is 29.4 Å². The fourth-order valence-electron chi connectivity index (χ4n) is 8.54. The maximum absolute atomic E-state index is 15.6. The normalized spacial score (nSPS) is 16.9. The summed E-state index contributed by atoms with van der Waals surface area (Å²) in [4.78, 5) is 69.7. The second-order valence-electron chi connectivity index (χ2n) is 18.8. The molecule has 3 amide bonds. The number of pyridine rings is 1. The Balaban J connectivity index is 1.47. The van der Waals surface area contributed by atoms with Crippen molar-refractivity contribution in [3.63, 3.8) is 0 Å². The average Bonchev–Trinajstić information content (AvgIpc) is 4.06. The number of phosphoric acid groups is 2. The average molecular weight is 1250 g/mol. The topological polar surface area (TPSA) is 312 Å². The molecular formula is C43H41ClF10N8O14P2S2. The summed E-state index contributed by atoms with van der Waals surface area (Å²) in [6.07, 6.45) is -10.6. The molecule has 0 radical (unpaired) electrons. The first-order chi connectivity index (χ1) is 36.5. The lowest BCUT2D eigenvalue weighted by Crippen LogP contribution is -2.50. The highest BCUT2D eigenvalue weighted by atomic mass is 35.5. The van der Waals surface area contributed by atoms with Crippen LogP contribution in [0.25, 0.3) is 22.0 Å². The van der Waals surface area contributed by atoms with E-state index >= 15 is 8.78 Å². The van der Waals surface area contributed by atoms with Crippen molar-refractivity contribution in [3.05, 3.63) is 93.0 Å². The summed E-state index contributed by atoms with van der Waals surface area (Å²) >= 11 is 6.60. The number of hydrogen-bond acceptors (Lipinski definition) is 13. The van der Waals surface area contributed by atoms with Crippen LogP contribution >= 0.6 is 27.2 Å². The number of carbonyl (C=O) groups is 2. The van der Waals surface area contributed by atoms with Gasteiger partial charge in [-0.25, -0.2) is 44.5 Å². The van der Waals surface area contributed by atoms with Gasteiger partial charge >= 0.3 is 34.0 Å². The van der Waals surface area contributed by atoms with Gasteiger partial charge in [0.15, 0.2) is 21.3 Å². The monoisotopic (exact) mass is 1240 g/mol. The van der Waals surface area contributed by atoms with Crippen molar-refractivity contribution in [2.75, 3.05) is 30.0 Å². The zero-order valence-electron chi connectivity index (χ0n) is 41.0. The summed E-state index contributed by atoms with van der Waals surface area (Å²) in [7, 11) is -20.1. The van der Waals surface area contributed by atoms with Crippen LogP contribution in [0.4, 0.5) is 54.5 Å². The van der Waals surface area contributed by atoms with E-state index < -0.39 is 200 Å². The van der Waals surface area contributed by atoms with Gasteiger partial charge < -0.3 is 30.2 Å². The van der Waals surface area contributed by atoms with Crippen molar-refractivity contribution in [2.45, 2.75) is 80.8 Å². The van der Waals surface area contributed by atoms with Gasteiger partial charge in [-0.15, -0.1) is 0 Å². The van der Waals surface area contributed by atoms with Crippen LogP contribution in [0.2, 0.25) is 5.02 Å². The smallest absolute Gasteiger partial charge is 0.346 e. The molecule has 7 rings (SSSR count). The van der Waals surface area contributed by atoms with Gasteiger partial charge in [0.25, 0.3) is 5.92 Å². The van der Waals surface area contributed by atoms with Crippen LogP contribution in [0.5, 0.6) is 0 Å². The Hall–Kier alpha value is -5.72. The van der Waals surface area contributed by atoms with E-state index in [2.05, 4.69) is 41.4 Å². The zero-order chi connectivity index (χ0) is 59.8. The minimum Gasteiger partial charge on any atom is -0.346 e. The Morgan fingerprint density at radius 1 is 0.900 bits per heavy atom. The van der Waals surface area contributed by atoms with E-state index in [1.54, 1.807) is 0 Å². The van der Waals surface area contributed by atoms with Gasteiger partial charge in [0.05, 0.1) is 53.2 Å². The summed E-state index contributed by atoms with van der Waals surface area (Å²) < 4.78 is 230. The summed E-state index contributed by atoms with van der Waals surface area (Å²) in [5.74, 6) is -6.86. The molecule has 0 spiro atoms. The number of hydrogen-bond donors (Lipinski definition) is 6. The predicted octanol–water partition coefficient (Wildman–Crippen LogP) is 6.35. The van der Waals surface area contributed by atoms with E-state index in [-0.39, 0.29) is 25.7 Å². The summed E-state index contributed by atoms with van der Waals surface area (Å²) in [6, 6.07) is -0.0858. The van der Waals surface area contributed by atoms with Crippen LogP contribution < -0.4 is 14.9 Å². The number of nitrogens with zero attached hydrogens (tertiary/aromatic N) is 6. The predicted molar refractivity (Wildman–Crippen MR) is 258 cm³/mol. The molecule has 3 aromatic heterocycles. The highest BCUT2D eigenvalue weighted by Crippen LogP contribution is 2.68. The van der Waals surface area contributed by atoms with Crippen LogP contribution in [-0.2, 0) is 74.4 Å². The summed E-state index contributed by atoms with van der Waals surface area (Å²) in [6.45, 7) is -3.92. The van der Waals surface area contributed by atoms with Crippen LogP contribution in [0.3, 0.4) is 0 Å². The molecule has 6 N–H and O–H groups in total. The lowest BCUT2D eigenvalue weighted by Gasteiger charge is -2.24. The van der Waals surface area contributed by atoms with E-state index in [1.165, 1.54) is 13.8 Å². The van der Waals surface area contributed by atoms with Gasteiger partial charge in [0, 0.05) is 34.9 Å². The van der Waals surface area contributed by atoms with Gasteiger partial charge in [-0.2, -0.15) is 49.6 Å². The molecule has 0 saturated heterocycles. The number of fused-ring (bicyclic) bond motifs is 4. The molecule has 1 unspecified atom stereocenters. The molecule has 0 aliphatic heterocycles. The number of rotatable bonds is 18. The second-order valence-corrected chi connectivity index (χ2v) is 26.0. The van der Waals surface area contributed by atoms with Gasteiger partial charge in [-0.1, -0.05) is 23.6 Å². The van der Waals surface area contributed by atoms with Crippen molar-refractivity contribution >= 4 is 75.8 Å². The molecule has 436 valence electrons. The van der Waals surface area contributed by atoms with E-state index in [0.29, 0.717) is 12.3 Å². The first-order valence-electron chi connectivity index (χ1n) is 22.5. The SMILES string of the molecule is CC(C)(C#Cc1ccc(-c2ccc(Cl)c3c(N(C(=O)NC(COP(=O)(O)O)COP(=O)(O)O)S(C)(=O)=O)nn(CC(F)(F)F)c23)c(C(Cc2cc(F)cc(F)c2)NC(=O)Cn2nc(C(F)(F)F)c3c2C(F)(F)[C@@H]2C[C@H]32)n1)S(C)(=O)=O. The van der Waals surface area contributed by atoms with E-state index in [0.717, 1.165) is 42.7 Å². The number of aromatic nitrogens is 5. The first kappa shape index (κ1) is 61.9. The third kappa shape index (κ3) is 13.9.